The first-order valence-corrected chi connectivity index (χ1v) is 13.5. The molecular weight excluding hydrogens is 512 g/mol. The fourth-order valence-corrected chi connectivity index (χ4v) is 4.83. The van der Waals surface area contributed by atoms with Crippen molar-refractivity contribution in [1.29, 1.82) is 0 Å². The summed E-state index contributed by atoms with van der Waals surface area (Å²) in [6.07, 6.45) is 5.18. The molecule has 1 amide bonds. The molecule has 208 valence electrons. The Morgan fingerprint density at radius 1 is 1.02 bits per heavy atom. The van der Waals surface area contributed by atoms with Crippen LogP contribution in [-0.4, -0.2) is 53.1 Å². The highest BCUT2D eigenvalue weighted by Gasteiger charge is 2.46. The molecule has 1 N–H and O–H groups in total. The number of carbonyl (C=O) groups excluding carboxylic acids is 2. The highest BCUT2D eigenvalue weighted by molar-refractivity contribution is 6.46. The van der Waals surface area contributed by atoms with E-state index in [1.54, 1.807) is 54.9 Å². The van der Waals surface area contributed by atoms with Crippen LogP contribution in [0.4, 0.5) is 0 Å². The Morgan fingerprint density at radius 2 is 1.85 bits per heavy atom. The van der Waals surface area contributed by atoms with Gasteiger partial charge in [-0.3, -0.25) is 14.6 Å². The van der Waals surface area contributed by atoms with E-state index in [0.29, 0.717) is 60.6 Å². The zero-order chi connectivity index (χ0) is 28.1. The first-order valence-electron chi connectivity index (χ1n) is 13.5. The van der Waals surface area contributed by atoms with Gasteiger partial charge in [0.25, 0.3) is 11.7 Å². The molecular formula is C31H32N2O7. The number of rotatable bonds is 10. The number of aromatic nitrogens is 1. The number of ether oxygens (including phenoxy) is 4. The Balaban J connectivity index is 1.61. The number of benzene rings is 2. The van der Waals surface area contributed by atoms with Crippen LogP contribution in [-0.2, 0) is 16.1 Å². The Bertz CT molecular complexity index is 1420. The highest BCUT2D eigenvalue weighted by Crippen LogP contribution is 2.43. The molecule has 5 rings (SSSR count). The molecule has 9 nitrogen and oxygen atoms in total. The van der Waals surface area contributed by atoms with Crippen LogP contribution < -0.4 is 18.9 Å². The number of pyridine rings is 1. The Kier molecular flexibility index (Phi) is 8.19. The minimum Gasteiger partial charge on any atom is -0.507 e. The lowest BCUT2D eigenvalue weighted by molar-refractivity contribution is -0.140. The van der Waals surface area contributed by atoms with Gasteiger partial charge in [0, 0.05) is 24.5 Å². The average molecular weight is 545 g/mol. The second-order valence-corrected chi connectivity index (χ2v) is 9.49. The fraction of sp³-hybridized carbons (Fsp3) is 0.323. The number of fused-ring (bicyclic) bond motifs is 1. The van der Waals surface area contributed by atoms with E-state index in [-0.39, 0.29) is 17.9 Å². The Labute approximate surface area is 233 Å². The zero-order valence-electron chi connectivity index (χ0n) is 22.6. The number of likely N-dealkylation sites (tertiary alicyclic amines) is 1. The van der Waals surface area contributed by atoms with Gasteiger partial charge in [-0.05, 0) is 60.9 Å². The van der Waals surface area contributed by atoms with Gasteiger partial charge >= 0.3 is 0 Å². The molecule has 3 aromatic rings. The van der Waals surface area contributed by atoms with Crippen molar-refractivity contribution in [3.8, 4) is 23.0 Å². The Morgan fingerprint density at radius 3 is 2.60 bits per heavy atom. The molecule has 2 aliphatic heterocycles. The molecule has 3 heterocycles. The van der Waals surface area contributed by atoms with Crippen LogP contribution in [0.1, 0.15) is 49.4 Å². The van der Waals surface area contributed by atoms with Gasteiger partial charge in [-0.2, -0.15) is 0 Å². The number of ketones is 1. The fourth-order valence-electron chi connectivity index (χ4n) is 4.83. The number of aliphatic hydroxyl groups excluding tert-OH is 1. The van der Waals surface area contributed by atoms with Crippen molar-refractivity contribution < 1.29 is 33.6 Å². The van der Waals surface area contributed by atoms with E-state index in [1.807, 2.05) is 13.0 Å². The van der Waals surface area contributed by atoms with Gasteiger partial charge in [-0.25, -0.2) is 0 Å². The summed E-state index contributed by atoms with van der Waals surface area (Å²) < 4.78 is 23.1. The zero-order valence-corrected chi connectivity index (χ0v) is 22.6. The molecule has 1 aromatic heterocycles. The van der Waals surface area contributed by atoms with E-state index in [1.165, 1.54) is 4.90 Å². The van der Waals surface area contributed by atoms with Crippen LogP contribution in [0.3, 0.4) is 0 Å². The largest absolute Gasteiger partial charge is 0.507 e. The molecule has 2 aromatic carbocycles. The van der Waals surface area contributed by atoms with E-state index in [0.717, 1.165) is 18.4 Å². The van der Waals surface area contributed by atoms with Crippen molar-refractivity contribution in [2.24, 2.45) is 0 Å². The molecule has 0 saturated carbocycles. The maximum Gasteiger partial charge on any atom is 0.295 e. The molecule has 0 radical (unpaired) electrons. The molecule has 1 fully saturated rings. The maximum absolute atomic E-state index is 13.5. The molecule has 0 bridgehead atoms. The third-order valence-electron chi connectivity index (χ3n) is 6.77. The summed E-state index contributed by atoms with van der Waals surface area (Å²) in [6.45, 7) is 5.83. The van der Waals surface area contributed by atoms with Crippen LogP contribution in [0.2, 0.25) is 0 Å². The molecule has 0 spiro atoms. The molecule has 1 saturated heterocycles. The number of unbranched alkanes of at least 4 members (excludes halogenated alkanes) is 1. The summed E-state index contributed by atoms with van der Waals surface area (Å²) in [5.41, 5.74) is 1.68. The van der Waals surface area contributed by atoms with Crippen LogP contribution in [0.5, 0.6) is 23.0 Å². The smallest absolute Gasteiger partial charge is 0.295 e. The normalized spacial score (nSPS) is 17.6. The van der Waals surface area contributed by atoms with E-state index in [2.05, 4.69) is 11.9 Å². The lowest BCUT2D eigenvalue weighted by Crippen LogP contribution is -2.29. The van der Waals surface area contributed by atoms with E-state index >= 15 is 0 Å². The van der Waals surface area contributed by atoms with Crippen molar-refractivity contribution >= 4 is 17.4 Å². The summed E-state index contributed by atoms with van der Waals surface area (Å²) in [5.74, 6) is 0.310. The van der Waals surface area contributed by atoms with Gasteiger partial charge in [0.2, 0.25) is 0 Å². The standard InChI is InChI=1S/C31H32N2O7/c1-3-5-13-38-23-10-8-21(16-25(23)37-4-2)28-27(29(34)22-9-11-24-26(17-22)40-15-14-39-24)30(35)31(36)33(28)19-20-7-6-12-32-18-20/h6-12,16-18,28,34H,3-5,13-15,19H2,1-2H3/b29-27+/t28-/m1/s1. The third kappa shape index (κ3) is 5.45. The summed E-state index contributed by atoms with van der Waals surface area (Å²) >= 11 is 0. The predicted octanol–water partition coefficient (Wildman–Crippen LogP) is 5.05. The highest BCUT2D eigenvalue weighted by atomic mass is 16.6. The minimum atomic E-state index is -0.877. The van der Waals surface area contributed by atoms with Gasteiger partial charge in [0.05, 0.1) is 24.8 Å². The number of carbonyl (C=O) groups is 2. The Hall–Kier alpha value is -4.53. The second-order valence-electron chi connectivity index (χ2n) is 9.49. The monoisotopic (exact) mass is 544 g/mol. The van der Waals surface area contributed by atoms with Crippen molar-refractivity contribution in [2.75, 3.05) is 26.4 Å². The first kappa shape index (κ1) is 27.1. The first-order chi connectivity index (χ1) is 19.5. The van der Waals surface area contributed by atoms with Crippen LogP contribution in [0.15, 0.2) is 66.5 Å². The van der Waals surface area contributed by atoms with Gasteiger partial charge in [-0.1, -0.05) is 25.5 Å². The van der Waals surface area contributed by atoms with E-state index in [4.69, 9.17) is 18.9 Å². The molecule has 0 aliphatic carbocycles. The SMILES string of the molecule is CCCCOc1ccc([C@@H]2/C(=C(\O)c3ccc4c(c3)OCCO4)C(=O)C(=O)N2Cc2cccnc2)cc1OCC. The number of hydrogen-bond acceptors (Lipinski definition) is 8. The molecule has 0 unspecified atom stereocenters. The van der Waals surface area contributed by atoms with Crippen molar-refractivity contribution in [1.82, 2.24) is 9.88 Å². The second kappa shape index (κ2) is 12.1. The molecule has 2 aliphatic rings. The number of hydrogen-bond donors (Lipinski definition) is 1. The third-order valence-corrected chi connectivity index (χ3v) is 6.77. The number of amides is 1. The van der Waals surface area contributed by atoms with Crippen LogP contribution >= 0.6 is 0 Å². The lowest BCUT2D eigenvalue weighted by Gasteiger charge is -2.26. The van der Waals surface area contributed by atoms with Gasteiger partial charge < -0.3 is 29.0 Å². The summed E-state index contributed by atoms with van der Waals surface area (Å²) in [7, 11) is 0. The van der Waals surface area contributed by atoms with Gasteiger partial charge in [0.15, 0.2) is 23.0 Å². The summed E-state index contributed by atoms with van der Waals surface area (Å²) in [6, 6.07) is 13.0. The lowest BCUT2D eigenvalue weighted by atomic mass is 9.94. The topological polar surface area (TPSA) is 107 Å². The quantitative estimate of drug-likeness (QED) is 0.164. The van der Waals surface area contributed by atoms with Gasteiger partial charge in [-0.15, -0.1) is 0 Å². The van der Waals surface area contributed by atoms with E-state index in [9.17, 15) is 14.7 Å². The van der Waals surface area contributed by atoms with E-state index < -0.39 is 17.7 Å². The summed E-state index contributed by atoms with van der Waals surface area (Å²) in [5, 5.41) is 11.5. The van der Waals surface area contributed by atoms with Crippen molar-refractivity contribution in [3.05, 3.63) is 83.2 Å². The van der Waals surface area contributed by atoms with Gasteiger partial charge in [0.1, 0.15) is 19.0 Å². The average Bonchev–Trinajstić information content (AvgIpc) is 3.23. The summed E-state index contributed by atoms with van der Waals surface area (Å²) in [4.78, 5) is 32.5. The minimum absolute atomic E-state index is 0.0207. The van der Waals surface area contributed by atoms with Crippen LogP contribution in [0, 0.1) is 0 Å². The number of Topliss-reactive ketones (excluding diaryl/α,β-unsaturated/α-hetero) is 1. The van der Waals surface area contributed by atoms with Crippen LogP contribution in [0.25, 0.3) is 5.76 Å². The number of aliphatic hydroxyl groups is 1. The molecule has 1 atom stereocenters. The molecule has 9 heteroatoms. The maximum atomic E-state index is 13.5. The van der Waals surface area contributed by atoms with Crippen molar-refractivity contribution in [2.45, 2.75) is 39.3 Å². The molecule has 40 heavy (non-hydrogen) atoms. The van der Waals surface area contributed by atoms with Crippen molar-refractivity contribution in [3.63, 3.8) is 0 Å². The predicted molar refractivity (Wildman–Crippen MR) is 148 cm³/mol. The number of nitrogens with zero attached hydrogens (tertiary/aromatic N) is 2.